The average molecular weight is 316 g/mol. The van der Waals surface area contributed by atoms with E-state index in [0.29, 0.717) is 0 Å². The zero-order chi connectivity index (χ0) is 16.8. The van der Waals surface area contributed by atoms with Gasteiger partial charge in [-0.15, -0.1) is 0 Å². The fraction of sp³-hybridized carbons (Fsp3) is 0. The molecule has 0 atom stereocenters. The van der Waals surface area contributed by atoms with Crippen LogP contribution < -0.4 is 4.90 Å². The predicted octanol–water partition coefficient (Wildman–Crippen LogP) is 5.40. The molecule has 0 aliphatic rings. The number of para-hydroxylation sites is 2. The third kappa shape index (κ3) is 3.67. The Labute approximate surface area is 140 Å². The lowest BCUT2D eigenvalue weighted by Gasteiger charge is -2.20. The van der Waals surface area contributed by atoms with E-state index in [0.717, 1.165) is 16.9 Å². The van der Waals surface area contributed by atoms with Gasteiger partial charge in [0.05, 0.1) is 4.92 Å². The molecule has 3 rings (SSSR count). The van der Waals surface area contributed by atoms with Crippen LogP contribution in [0, 0.1) is 10.1 Å². The van der Waals surface area contributed by atoms with E-state index in [-0.39, 0.29) is 10.6 Å². The first kappa shape index (κ1) is 15.5. The van der Waals surface area contributed by atoms with Gasteiger partial charge < -0.3 is 4.90 Å². The van der Waals surface area contributed by atoms with Gasteiger partial charge in [0.15, 0.2) is 0 Å². The monoisotopic (exact) mass is 316 g/mol. The van der Waals surface area contributed by atoms with Crippen LogP contribution in [-0.4, -0.2) is 4.92 Å². The van der Waals surface area contributed by atoms with Crippen LogP contribution in [0.3, 0.4) is 0 Å². The normalized spacial score (nSPS) is 10.7. The third-order valence-electron chi connectivity index (χ3n) is 3.57. The van der Waals surface area contributed by atoms with Crippen LogP contribution in [0.25, 0.3) is 6.08 Å². The Kier molecular flexibility index (Phi) is 4.68. The minimum absolute atomic E-state index is 0.0862. The fourth-order valence-electron chi connectivity index (χ4n) is 2.40. The molecule has 4 nitrogen and oxygen atoms in total. The molecule has 118 valence electrons. The van der Waals surface area contributed by atoms with E-state index >= 15 is 0 Å². The second kappa shape index (κ2) is 7.24. The standard InChI is InChI=1S/C20H16N2O2/c23-22(24)20-13-7-8-17(16-20)14-15-21(18-9-3-1-4-10-18)19-11-5-2-6-12-19/h1-16H. The fourth-order valence-corrected chi connectivity index (χ4v) is 2.40. The molecule has 0 saturated heterocycles. The van der Waals surface area contributed by atoms with Crippen LogP contribution in [-0.2, 0) is 0 Å². The zero-order valence-electron chi connectivity index (χ0n) is 12.9. The van der Waals surface area contributed by atoms with Gasteiger partial charge in [-0.25, -0.2) is 0 Å². The van der Waals surface area contributed by atoms with Gasteiger partial charge >= 0.3 is 0 Å². The van der Waals surface area contributed by atoms with Crippen molar-refractivity contribution in [2.24, 2.45) is 0 Å². The van der Waals surface area contributed by atoms with Crippen LogP contribution in [0.4, 0.5) is 17.1 Å². The highest BCUT2D eigenvalue weighted by molar-refractivity contribution is 5.69. The van der Waals surface area contributed by atoms with Gasteiger partial charge in [0.1, 0.15) is 0 Å². The Morgan fingerprint density at radius 1 is 0.792 bits per heavy atom. The minimum atomic E-state index is -0.385. The van der Waals surface area contributed by atoms with Crippen LogP contribution in [0.15, 0.2) is 91.1 Å². The van der Waals surface area contributed by atoms with Crippen molar-refractivity contribution < 1.29 is 4.92 Å². The molecule has 4 heteroatoms. The maximum Gasteiger partial charge on any atom is 0.270 e. The summed E-state index contributed by atoms with van der Waals surface area (Å²) in [6.45, 7) is 0. The zero-order valence-corrected chi connectivity index (χ0v) is 12.9. The Bertz CT molecular complexity index is 806. The van der Waals surface area contributed by atoms with Gasteiger partial charge in [-0.05, 0) is 35.9 Å². The number of nitro groups is 1. The van der Waals surface area contributed by atoms with Crippen LogP contribution in [0.5, 0.6) is 0 Å². The van der Waals surface area contributed by atoms with E-state index in [2.05, 4.69) is 0 Å². The van der Waals surface area contributed by atoms with Crippen molar-refractivity contribution in [2.45, 2.75) is 0 Å². The molecular weight excluding hydrogens is 300 g/mol. The van der Waals surface area contributed by atoms with Crippen molar-refractivity contribution in [2.75, 3.05) is 4.90 Å². The van der Waals surface area contributed by atoms with E-state index in [1.807, 2.05) is 83.9 Å². The molecule has 0 unspecified atom stereocenters. The second-order valence-electron chi connectivity index (χ2n) is 5.21. The first-order valence-electron chi connectivity index (χ1n) is 7.56. The number of hydrogen-bond acceptors (Lipinski definition) is 3. The van der Waals surface area contributed by atoms with Crippen LogP contribution in [0.2, 0.25) is 0 Å². The quantitative estimate of drug-likeness (QED) is 0.467. The summed E-state index contributed by atoms with van der Waals surface area (Å²) in [5, 5.41) is 10.9. The first-order chi connectivity index (χ1) is 11.7. The molecule has 0 amide bonds. The summed E-state index contributed by atoms with van der Waals surface area (Å²) in [7, 11) is 0. The molecule has 0 aromatic heterocycles. The van der Waals surface area contributed by atoms with E-state index in [9.17, 15) is 10.1 Å². The van der Waals surface area contributed by atoms with E-state index < -0.39 is 0 Å². The average Bonchev–Trinajstić information content (AvgIpc) is 2.64. The van der Waals surface area contributed by atoms with Crippen molar-refractivity contribution in [3.8, 4) is 0 Å². The number of benzene rings is 3. The number of nitro benzene ring substituents is 1. The molecule has 24 heavy (non-hydrogen) atoms. The van der Waals surface area contributed by atoms with Gasteiger partial charge in [-0.2, -0.15) is 0 Å². The second-order valence-corrected chi connectivity index (χ2v) is 5.21. The largest absolute Gasteiger partial charge is 0.317 e. The Morgan fingerprint density at radius 3 is 1.92 bits per heavy atom. The number of nitrogens with zero attached hydrogens (tertiary/aromatic N) is 2. The van der Waals surface area contributed by atoms with Crippen molar-refractivity contribution in [3.05, 3.63) is 107 Å². The molecule has 0 N–H and O–H groups in total. The van der Waals surface area contributed by atoms with Crippen molar-refractivity contribution >= 4 is 23.1 Å². The smallest absolute Gasteiger partial charge is 0.270 e. The lowest BCUT2D eigenvalue weighted by atomic mass is 10.2. The van der Waals surface area contributed by atoms with Crippen LogP contribution in [0.1, 0.15) is 5.56 Å². The molecule has 0 heterocycles. The van der Waals surface area contributed by atoms with Crippen molar-refractivity contribution in [1.82, 2.24) is 0 Å². The summed E-state index contributed by atoms with van der Waals surface area (Å²) in [6, 6.07) is 26.5. The summed E-state index contributed by atoms with van der Waals surface area (Å²) in [6.07, 6.45) is 3.79. The SMILES string of the molecule is O=[N+]([O-])c1cccc(C=CN(c2ccccc2)c2ccccc2)c1. The molecule has 0 fully saturated rings. The van der Waals surface area contributed by atoms with Crippen LogP contribution >= 0.6 is 0 Å². The lowest BCUT2D eigenvalue weighted by molar-refractivity contribution is -0.384. The minimum Gasteiger partial charge on any atom is -0.317 e. The third-order valence-corrected chi connectivity index (χ3v) is 3.57. The molecular formula is C20H16N2O2. The summed E-state index contributed by atoms with van der Waals surface area (Å²) < 4.78 is 0. The van der Waals surface area contributed by atoms with Gasteiger partial charge in [0.25, 0.3) is 5.69 Å². The highest BCUT2D eigenvalue weighted by atomic mass is 16.6. The van der Waals surface area contributed by atoms with Crippen molar-refractivity contribution in [1.29, 1.82) is 0 Å². The summed E-state index contributed by atoms with van der Waals surface area (Å²) >= 11 is 0. The van der Waals surface area contributed by atoms with Gasteiger partial charge in [-0.3, -0.25) is 10.1 Å². The van der Waals surface area contributed by atoms with Crippen molar-refractivity contribution in [3.63, 3.8) is 0 Å². The van der Waals surface area contributed by atoms with Gasteiger partial charge in [-0.1, -0.05) is 48.5 Å². The summed E-state index contributed by atoms with van der Waals surface area (Å²) in [5.74, 6) is 0. The van der Waals surface area contributed by atoms with E-state index in [1.165, 1.54) is 6.07 Å². The highest BCUT2D eigenvalue weighted by Gasteiger charge is 2.07. The molecule has 0 radical (unpaired) electrons. The molecule has 0 aliphatic carbocycles. The Morgan fingerprint density at radius 2 is 1.38 bits per heavy atom. The Hall–Kier alpha value is -3.40. The molecule has 0 saturated carbocycles. The molecule has 3 aromatic carbocycles. The molecule has 3 aromatic rings. The molecule has 0 spiro atoms. The van der Waals surface area contributed by atoms with E-state index in [4.69, 9.17) is 0 Å². The van der Waals surface area contributed by atoms with E-state index in [1.54, 1.807) is 12.1 Å². The molecule has 0 bridgehead atoms. The first-order valence-corrected chi connectivity index (χ1v) is 7.56. The maximum atomic E-state index is 10.9. The lowest BCUT2D eigenvalue weighted by Crippen LogP contribution is -2.07. The number of non-ortho nitro benzene ring substituents is 1. The topological polar surface area (TPSA) is 46.4 Å². The predicted molar refractivity (Wildman–Crippen MR) is 97.2 cm³/mol. The Balaban J connectivity index is 1.95. The summed E-state index contributed by atoms with van der Waals surface area (Å²) in [5.41, 5.74) is 2.90. The van der Waals surface area contributed by atoms with Gasteiger partial charge in [0.2, 0.25) is 0 Å². The number of rotatable bonds is 5. The maximum absolute atomic E-state index is 10.9. The summed E-state index contributed by atoms with van der Waals surface area (Å²) in [4.78, 5) is 12.6. The number of anilines is 2. The highest BCUT2D eigenvalue weighted by Crippen LogP contribution is 2.26. The number of hydrogen-bond donors (Lipinski definition) is 0. The van der Waals surface area contributed by atoms with Gasteiger partial charge in [0, 0.05) is 29.7 Å². The molecule has 0 aliphatic heterocycles.